The van der Waals surface area contributed by atoms with E-state index in [-0.39, 0.29) is 0 Å². The van der Waals surface area contributed by atoms with Crippen molar-refractivity contribution in [2.45, 2.75) is 51.2 Å². The Labute approximate surface area is 140 Å². The van der Waals surface area contributed by atoms with E-state index in [2.05, 4.69) is 4.98 Å². The maximum Gasteiger partial charge on any atom is 0.409 e. The molecule has 1 aromatic rings. The highest BCUT2D eigenvalue weighted by Gasteiger charge is 2.42. The van der Waals surface area contributed by atoms with Crippen LogP contribution in [0.2, 0.25) is 0 Å². The molecule has 0 aliphatic rings. The molecular formula is C16H26F3N3O2. The van der Waals surface area contributed by atoms with E-state index in [4.69, 9.17) is 4.74 Å². The number of carbonyl (C=O) groups excluding carboxylic acids is 1. The Morgan fingerprint density at radius 2 is 2.00 bits per heavy atom. The summed E-state index contributed by atoms with van der Waals surface area (Å²) >= 11 is 0. The fourth-order valence-electron chi connectivity index (χ4n) is 2.45. The van der Waals surface area contributed by atoms with Gasteiger partial charge in [-0.2, -0.15) is 13.2 Å². The van der Waals surface area contributed by atoms with Crippen LogP contribution in [0.5, 0.6) is 0 Å². The van der Waals surface area contributed by atoms with Crippen LogP contribution in [-0.4, -0.2) is 53.3 Å². The Balaban J connectivity index is 2.74. The summed E-state index contributed by atoms with van der Waals surface area (Å²) in [6.45, 7) is 3.40. The van der Waals surface area contributed by atoms with Crippen molar-refractivity contribution < 1.29 is 22.7 Å². The lowest BCUT2D eigenvalue weighted by atomic mass is 10.1. The Morgan fingerprint density at radius 3 is 2.54 bits per heavy atom. The van der Waals surface area contributed by atoms with Crippen molar-refractivity contribution >= 4 is 5.91 Å². The molecule has 0 spiro atoms. The predicted octanol–water partition coefficient (Wildman–Crippen LogP) is 3.43. The van der Waals surface area contributed by atoms with Crippen molar-refractivity contribution in [2.24, 2.45) is 0 Å². The molecule has 1 heterocycles. The number of nitrogens with zero attached hydrogens (tertiary/aromatic N) is 3. The minimum absolute atomic E-state index is 0.408. The number of carbonyl (C=O) groups is 1. The van der Waals surface area contributed by atoms with E-state index in [1.807, 2.05) is 6.92 Å². The zero-order valence-electron chi connectivity index (χ0n) is 14.3. The van der Waals surface area contributed by atoms with Crippen LogP contribution in [0.25, 0.3) is 0 Å². The molecule has 0 radical (unpaired) electrons. The highest BCUT2D eigenvalue weighted by atomic mass is 19.4. The normalized spacial score (nSPS) is 13.0. The van der Waals surface area contributed by atoms with Gasteiger partial charge in [0.1, 0.15) is 6.04 Å². The number of aromatic nitrogens is 2. The lowest BCUT2D eigenvalue weighted by Gasteiger charge is -2.27. The summed E-state index contributed by atoms with van der Waals surface area (Å²) in [6, 6.07) is -1.89. The van der Waals surface area contributed by atoms with Crippen LogP contribution in [0.4, 0.5) is 13.2 Å². The molecule has 0 saturated carbocycles. The van der Waals surface area contributed by atoms with Crippen molar-refractivity contribution in [2.75, 3.05) is 26.8 Å². The molecule has 0 N–H and O–H groups in total. The Bertz CT molecular complexity index is 454. The van der Waals surface area contributed by atoms with E-state index in [1.54, 1.807) is 7.11 Å². The number of imidazole rings is 1. The zero-order chi connectivity index (χ0) is 18.0. The number of amides is 1. The molecule has 0 bridgehead atoms. The number of alkyl halides is 3. The van der Waals surface area contributed by atoms with Crippen LogP contribution in [0.1, 0.15) is 45.1 Å². The summed E-state index contributed by atoms with van der Waals surface area (Å²) in [5.74, 6) is -0.488. The fourth-order valence-corrected chi connectivity index (χ4v) is 2.45. The molecular weight excluding hydrogens is 323 g/mol. The molecule has 0 fully saturated rings. The highest BCUT2D eigenvalue weighted by Crippen LogP contribution is 2.33. The van der Waals surface area contributed by atoms with Gasteiger partial charge in [-0.25, -0.2) is 4.98 Å². The fraction of sp³-hybridized carbons (Fsp3) is 0.750. The van der Waals surface area contributed by atoms with Crippen LogP contribution in [0.3, 0.4) is 0 Å². The van der Waals surface area contributed by atoms with Crippen molar-refractivity contribution in [1.82, 2.24) is 14.5 Å². The van der Waals surface area contributed by atoms with Crippen molar-refractivity contribution in [1.29, 1.82) is 0 Å². The molecule has 0 aromatic carbocycles. The second kappa shape index (κ2) is 10.3. The van der Waals surface area contributed by atoms with Gasteiger partial charge in [0.25, 0.3) is 0 Å². The summed E-state index contributed by atoms with van der Waals surface area (Å²) in [5.41, 5.74) is 0. The van der Waals surface area contributed by atoms with Gasteiger partial charge in [-0.1, -0.05) is 19.8 Å². The number of hydrogen-bond acceptors (Lipinski definition) is 3. The number of unbranched alkanes of at least 4 members (excludes halogenated alkanes) is 2. The van der Waals surface area contributed by atoms with Gasteiger partial charge in [-0.15, -0.1) is 0 Å². The van der Waals surface area contributed by atoms with Crippen LogP contribution < -0.4 is 0 Å². The molecule has 5 nitrogen and oxygen atoms in total. The van der Waals surface area contributed by atoms with E-state index < -0.39 is 24.5 Å². The molecule has 0 saturated heterocycles. The molecule has 1 amide bonds. The van der Waals surface area contributed by atoms with Gasteiger partial charge in [0.05, 0.1) is 12.7 Å². The monoisotopic (exact) mass is 349 g/mol. The maximum atomic E-state index is 13.3. The second-order valence-electron chi connectivity index (χ2n) is 5.71. The largest absolute Gasteiger partial charge is 0.409 e. The summed E-state index contributed by atoms with van der Waals surface area (Å²) in [7, 11) is 1.56. The Kier molecular flexibility index (Phi) is 8.81. The van der Waals surface area contributed by atoms with E-state index in [1.165, 1.54) is 17.3 Å². The number of halogens is 3. The third kappa shape index (κ3) is 6.90. The first-order valence-electron chi connectivity index (χ1n) is 8.21. The summed E-state index contributed by atoms with van der Waals surface area (Å²) in [5, 5.41) is 0. The van der Waals surface area contributed by atoms with Gasteiger partial charge >= 0.3 is 6.18 Å². The lowest BCUT2D eigenvalue weighted by Crippen LogP contribution is -2.37. The zero-order valence-corrected chi connectivity index (χ0v) is 14.3. The Hall–Kier alpha value is -1.57. The molecule has 8 heteroatoms. The first-order chi connectivity index (χ1) is 11.4. The summed E-state index contributed by atoms with van der Waals surface area (Å²) in [4.78, 5) is 17.6. The highest BCUT2D eigenvalue weighted by molar-refractivity contribution is 5.76. The van der Waals surface area contributed by atoms with Gasteiger partial charge in [-0.05, 0) is 12.8 Å². The molecule has 1 atom stereocenters. The number of methoxy groups -OCH3 is 1. The molecule has 1 aromatic heterocycles. The van der Waals surface area contributed by atoms with E-state index >= 15 is 0 Å². The van der Waals surface area contributed by atoms with Gasteiger partial charge in [0.2, 0.25) is 5.91 Å². The minimum atomic E-state index is -4.50. The third-order valence-corrected chi connectivity index (χ3v) is 3.79. The number of rotatable bonds is 11. The average molecular weight is 349 g/mol. The average Bonchev–Trinajstić information content (AvgIpc) is 3.04. The SMILES string of the molecule is CCCCCN(CCCOC)C(=O)CC(n1ccnc1)C(F)(F)F. The standard InChI is InChI=1S/C16H26F3N3O2/c1-3-4-5-8-21(9-6-11-24-2)15(23)12-14(16(17,18)19)22-10-7-20-13-22/h7,10,13-14H,3-6,8-9,11-12H2,1-2H3. The third-order valence-electron chi connectivity index (χ3n) is 3.79. The topological polar surface area (TPSA) is 47.4 Å². The molecule has 0 aliphatic heterocycles. The molecule has 0 aliphatic carbocycles. The Morgan fingerprint density at radius 1 is 1.29 bits per heavy atom. The number of hydrogen-bond donors (Lipinski definition) is 0. The van der Waals surface area contributed by atoms with E-state index in [9.17, 15) is 18.0 Å². The molecule has 24 heavy (non-hydrogen) atoms. The van der Waals surface area contributed by atoms with Gasteiger partial charge < -0.3 is 14.2 Å². The lowest BCUT2D eigenvalue weighted by molar-refractivity contribution is -0.175. The van der Waals surface area contributed by atoms with Gasteiger partial charge in [0, 0.05) is 39.2 Å². The smallest absolute Gasteiger partial charge is 0.385 e. The maximum absolute atomic E-state index is 13.3. The molecule has 1 unspecified atom stereocenters. The first-order valence-corrected chi connectivity index (χ1v) is 8.21. The van der Waals surface area contributed by atoms with Gasteiger partial charge in [-0.3, -0.25) is 4.79 Å². The van der Waals surface area contributed by atoms with Crippen molar-refractivity contribution in [3.63, 3.8) is 0 Å². The molecule has 138 valence electrons. The predicted molar refractivity (Wildman–Crippen MR) is 84.5 cm³/mol. The minimum Gasteiger partial charge on any atom is -0.385 e. The van der Waals surface area contributed by atoms with E-state index in [0.717, 1.165) is 30.2 Å². The molecule has 1 rings (SSSR count). The number of ether oxygens (including phenoxy) is 1. The first kappa shape index (κ1) is 20.5. The second-order valence-corrected chi connectivity index (χ2v) is 5.71. The van der Waals surface area contributed by atoms with Crippen LogP contribution in [0.15, 0.2) is 18.7 Å². The quantitative estimate of drug-likeness (QED) is 0.575. The van der Waals surface area contributed by atoms with Crippen molar-refractivity contribution in [3.8, 4) is 0 Å². The van der Waals surface area contributed by atoms with Crippen LogP contribution in [0, 0.1) is 0 Å². The van der Waals surface area contributed by atoms with E-state index in [0.29, 0.717) is 26.1 Å². The van der Waals surface area contributed by atoms with Crippen LogP contribution >= 0.6 is 0 Å². The van der Waals surface area contributed by atoms with Crippen LogP contribution in [-0.2, 0) is 9.53 Å². The summed E-state index contributed by atoms with van der Waals surface area (Å²) < 4.78 is 45.7. The summed E-state index contributed by atoms with van der Waals surface area (Å²) in [6.07, 6.45) is 1.82. The van der Waals surface area contributed by atoms with Crippen molar-refractivity contribution in [3.05, 3.63) is 18.7 Å². The van der Waals surface area contributed by atoms with Gasteiger partial charge in [0.15, 0.2) is 0 Å².